The fourth-order valence-electron chi connectivity index (χ4n) is 3.93. The first-order valence-electron chi connectivity index (χ1n) is 9.88. The van der Waals surface area contributed by atoms with Crippen molar-refractivity contribution >= 4 is 22.4 Å². The van der Waals surface area contributed by atoms with Gasteiger partial charge in [0.05, 0.1) is 0 Å². The van der Waals surface area contributed by atoms with Gasteiger partial charge in [0.2, 0.25) is 10.3 Å². The lowest BCUT2D eigenvalue weighted by Crippen LogP contribution is -2.37. The molecule has 1 saturated carbocycles. The number of hydrogen-bond donors (Lipinski definition) is 1. The van der Waals surface area contributed by atoms with Crippen LogP contribution in [0.5, 0.6) is 0 Å². The van der Waals surface area contributed by atoms with Crippen molar-refractivity contribution in [3.05, 3.63) is 24.0 Å². The van der Waals surface area contributed by atoms with Crippen LogP contribution in [0.1, 0.15) is 68.3 Å². The summed E-state index contributed by atoms with van der Waals surface area (Å²) in [4.78, 5) is 15.1. The molecule has 3 heterocycles. The average molecular weight is 374 g/mol. The van der Waals surface area contributed by atoms with E-state index in [9.17, 15) is 4.79 Å². The molecular formula is C19H27N5OS. The summed E-state index contributed by atoms with van der Waals surface area (Å²) < 4.78 is 1.87. The number of aromatic nitrogens is 3. The van der Waals surface area contributed by atoms with E-state index < -0.39 is 0 Å². The second-order valence-electron chi connectivity index (χ2n) is 7.34. The molecule has 2 aromatic heterocycles. The second kappa shape index (κ2) is 8.20. The first-order chi connectivity index (χ1) is 12.8. The third-order valence-corrected chi connectivity index (χ3v) is 6.39. The predicted molar refractivity (Wildman–Crippen MR) is 104 cm³/mol. The Kier molecular flexibility index (Phi) is 5.53. The van der Waals surface area contributed by atoms with Gasteiger partial charge in [-0.1, -0.05) is 43.4 Å². The van der Waals surface area contributed by atoms with Gasteiger partial charge in [-0.3, -0.25) is 9.36 Å². The van der Waals surface area contributed by atoms with E-state index in [0.717, 1.165) is 36.2 Å². The summed E-state index contributed by atoms with van der Waals surface area (Å²) in [5, 5.41) is 13.7. The van der Waals surface area contributed by atoms with Crippen LogP contribution in [-0.2, 0) is 0 Å². The fourth-order valence-corrected chi connectivity index (χ4v) is 4.83. The SMILES string of the molecule is O=C(NC1CCCCC1)c1cccn1-c1nnc(N2CCCCCC2)s1. The molecule has 0 unspecified atom stereocenters. The van der Waals surface area contributed by atoms with Crippen molar-refractivity contribution in [2.75, 3.05) is 18.0 Å². The molecule has 0 spiro atoms. The standard InChI is InChI=1S/C19H27N5OS/c25-17(20-15-9-4-3-5-10-15)16-11-8-14-24(16)19-22-21-18(26-19)23-12-6-1-2-7-13-23/h8,11,14-15H,1-7,9-10,12-13H2,(H,20,25). The molecule has 2 aromatic rings. The van der Waals surface area contributed by atoms with Crippen molar-refractivity contribution in [2.24, 2.45) is 0 Å². The molecule has 26 heavy (non-hydrogen) atoms. The van der Waals surface area contributed by atoms with Crippen LogP contribution in [0.15, 0.2) is 18.3 Å². The van der Waals surface area contributed by atoms with Gasteiger partial charge in [0, 0.05) is 25.3 Å². The molecule has 1 amide bonds. The van der Waals surface area contributed by atoms with Crippen LogP contribution in [-0.4, -0.2) is 39.8 Å². The van der Waals surface area contributed by atoms with E-state index in [1.165, 1.54) is 44.9 Å². The van der Waals surface area contributed by atoms with E-state index >= 15 is 0 Å². The number of carbonyl (C=O) groups excluding carboxylic acids is 1. The van der Waals surface area contributed by atoms with Crippen LogP contribution >= 0.6 is 11.3 Å². The Balaban J connectivity index is 1.48. The minimum atomic E-state index is -0.00609. The minimum Gasteiger partial charge on any atom is -0.348 e. The summed E-state index contributed by atoms with van der Waals surface area (Å²) in [5.41, 5.74) is 0.647. The number of rotatable bonds is 4. The summed E-state index contributed by atoms with van der Waals surface area (Å²) in [5.74, 6) is -0.00609. The zero-order valence-corrected chi connectivity index (χ0v) is 16.0. The predicted octanol–water partition coefficient (Wildman–Crippen LogP) is 3.77. The first-order valence-corrected chi connectivity index (χ1v) is 10.7. The lowest BCUT2D eigenvalue weighted by atomic mass is 9.95. The second-order valence-corrected chi connectivity index (χ2v) is 8.27. The maximum absolute atomic E-state index is 12.7. The van der Waals surface area contributed by atoms with E-state index in [2.05, 4.69) is 20.4 Å². The Hall–Kier alpha value is -1.89. The summed E-state index contributed by atoms with van der Waals surface area (Å²) in [7, 11) is 0. The van der Waals surface area contributed by atoms with Crippen LogP contribution in [0.3, 0.4) is 0 Å². The highest BCUT2D eigenvalue weighted by molar-refractivity contribution is 7.17. The van der Waals surface area contributed by atoms with Gasteiger partial charge >= 0.3 is 0 Å². The van der Waals surface area contributed by atoms with Crippen LogP contribution in [0.4, 0.5) is 5.13 Å². The van der Waals surface area contributed by atoms with Crippen molar-refractivity contribution in [2.45, 2.75) is 63.8 Å². The fraction of sp³-hybridized carbons (Fsp3) is 0.632. The van der Waals surface area contributed by atoms with E-state index in [4.69, 9.17) is 0 Å². The third kappa shape index (κ3) is 3.92. The average Bonchev–Trinajstić information content (AvgIpc) is 3.26. The minimum absolute atomic E-state index is 0.00609. The summed E-state index contributed by atoms with van der Waals surface area (Å²) >= 11 is 1.57. The van der Waals surface area contributed by atoms with Crippen molar-refractivity contribution in [1.29, 1.82) is 0 Å². The topological polar surface area (TPSA) is 63.1 Å². The Bertz CT molecular complexity index is 726. The molecule has 1 N–H and O–H groups in total. The van der Waals surface area contributed by atoms with Crippen LogP contribution in [0.2, 0.25) is 0 Å². The van der Waals surface area contributed by atoms with E-state index in [1.807, 2.05) is 22.9 Å². The maximum atomic E-state index is 12.7. The number of amides is 1. The van der Waals surface area contributed by atoms with Gasteiger partial charge in [0.1, 0.15) is 5.69 Å². The number of nitrogens with one attached hydrogen (secondary N) is 1. The van der Waals surface area contributed by atoms with Crippen molar-refractivity contribution in [3.63, 3.8) is 0 Å². The molecule has 1 aliphatic carbocycles. The van der Waals surface area contributed by atoms with Crippen molar-refractivity contribution < 1.29 is 4.79 Å². The Morgan fingerprint density at radius 2 is 1.69 bits per heavy atom. The molecule has 2 fully saturated rings. The molecule has 4 rings (SSSR count). The van der Waals surface area contributed by atoms with E-state index in [1.54, 1.807) is 11.3 Å². The first kappa shape index (κ1) is 17.5. The lowest BCUT2D eigenvalue weighted by Gasteiger charge is -2.22. The van der Waals surface area contributed by atoms with Gasteiger partial charge in [0.15, 0.2) is 0 Å². The molecule has 7 heteroatoms. The normalized spacial score (nSPS) is 19.3. The Morgan fingerprint density at radius 3 is 2.46 bits per heavy atom. The number of carbonyl (C=O) groups is 1. The summed E-state index contributed by atoms with van der Waals surface area (Å²) in [6.07, 6.45) is 12.8. The van der Waals surface area contributed by atoms with Gasteiger partial charge in [-0.25, -0.2) is 0 Å². The molecule has 0 radical (unpaired) electrons. The largest absolute Gasteiger partial charge is 0.348 e. The molecule has 0 bridgehead atoms. The van der Waals surface area contributed by atoms with Crippen LogP contribution < -0.4 is 10.2 Å². The highest BCUT2D eigenvalue weighted by atomic mass is 32.1. The molecular weight excluding hydrogens is 346 g/mol. The van der Waals surface area contributed by atoms with Crippen molar-refractivity contribution in [1.82, 2.24) is 20.1 Å². The number of nitrogens with zero attached hydrogens (tertiary/aromatic N) is 4. The summed E-state index contributed by atoms with van der Waals surface area (Å²) in [6.45, 7) is 2.10. The smallest absolute Gasteiger partial charge is 0.268 e. The molecule has 140 valence electrons. The molecule has 0 aromatic carbocycles. The highest BCUT2D eigenvalue weighted by Crippen LogP contribution is 2.27. The Labute approximate surface area is 158 Å². The lowest BCUT2D eigenvalue weighted by molar-refractivity contribution is 0.0921. The van der Waals surface area contributed by atoms with E-state index in [0.29, 0.717) is 11.7 Å². The van der Waals surface area contributed by atoms with E-state index in [-0.39, 0.29) is 5.91 Å². The number of anilines is 1. The highest BCUT2D eigenvalue weighted by Gasteiger charge is 2.21. The zero-order chi connectivity index (χ0) is 17.8. The molecule has 0 atom stereocenters. The quantitative estimate of drug-likeness (QED) is 0.886. The zero-order valence-electron chi connectivity index (χ0n) is 15.2. The molecule has 2 aliphatic rings. The van der Waals surface area contributed by atoms with Gasteiger partial charge in [0.25, 0.3) is 5.91 Å². The van der Waals surface area contributed by atoms with Crippen LogP contribution in [0.25, 0.3) is 5.13 Å². The molecule has 1 aliphatic heterocycles. The Morgan fingerprint density at radius 1 is 1.00 bits per heavy atom. The third-order valence-electron chi connectivity index (χ3n) is 5.41. The van der Waals surface area contributed by atoms with Crippen molar-refractivity contribution in [3.8, 4) is 5.13 Å². The van der Waals surface area contributed by atoms with Gasteiger partial charge in [-0.15, -0.1) is 10.2 Å². The van der Waals surface area contributed by atoms with Gasteiger partial charge in [-0.05, 0) is 37.8 Å². The van der Waals surface area contributed by atoms with Gasteiger partial charge in [-0.2, -0.15) is 0 Å². The monoisotopic (exact) mass is 373 g/mol. The molecule has 1 saturated heterocycles. The van der Waals surface area contributed by atoms with Crippen LogP contribution in [0, 0.1) is 0 Å². The molecule has 6 nitrogen and oxygen atoms in total. The maximum Gasteiger partial charge on any atom is 0.268 e. The summed E-state index contributed by atoms with van der Waals surface area (Å²) in [6, 6.07) is 4.08. The number of hydrogen-bond acceptors (Lipinski definition) is 5. The van der Waals surface area contributed by atoms with Gasteiger partial charge < -0.3 is 10.2 Å².